The van der Waals surface area contributed by atoms with Gasteiger partial charge < -0.3 is 19.6 Å². The normalized spacial score (nSPS) is 12.3. The first kappa shape index (κ1) is 35.1. The van der Waals surface area contributed by atoms with Crippen molar-refractivity contribution >= 4 is 44.3 Å². The molecule has 1 heterocycles. The Morgan fingerprint density at radius 3 is 2.04 bits per heavy atom. The van der Waals surface area contributed by atoms with E-state index >= 15 is 0 Å². The molecule has 1 atom stereocenters. The second kappa shape index (κ2) is 14.8. The smallest absolute Gasteiger partial charge is 0.748 e. The average molecular weight is 647 g/mol. The zero-order valence-corrected chi connectivity index (χ0v) is 29.2. The molecule has 4 aromatic carbocycles. The summed E-state index contributed by atoms with van der Waals surface area (Å²) >= 11 is 0. The van der Waals surface area contributed by atoms with E-state index in [0.717, 1.165) is 39.0 Å². The Hall–Kier alpha value is -3.73. The van der Waals surface area contributed by atoms with Gasteiger partial charge in [0.2, 0.25) is 11.8 Å². The second-order valence-electron chi connectivity index (χ2n) is 12.1. The second-order valence-corrected chi connectivity index (χ2v) is 13.6. The number of carbonyl (C=O) groups excluding carboxylic acids is 2. The van der Waals surface area contributed by atoms with Crippen LogP contribution in [-0.2, 0) is 31.5 Å². The first-order chi connectivity index (χ1) is 21.3. The Kier molecular flexibility index (Phi) is 11.3. The van der Waals surface area contributed by atoms with Gasteiger partial charge in [0.05, 0.1) is 16.0 Å². The molecule has 0 saturated carbocycles. The standard InChI is InChI=1S/C36H36N2O6S.Na/c1-36(2,3)28-14-10-25(11-15-28)31(22-24-8-16-29(17-9-24)37-34(39)20-21-45(41,42)43)35(40)38-30-18-12-26(13-19-30)33-23-27-6-4-5-7-32(27)44-33;/h4-19,23,31H,20-22H2,1-3H3,(H,37,39)(H,38,40)(H,41,42,43);/q;+1/p-1. The Balaban J connectivity index is 0.00000480. The fourth-order valence-corrected chi connectivity index (χ4v) is 5.49. The first-order valence-corrected chi connectivity index (χ1v) is 16.2. The fourth-order valence-electron chi connectivity index (χ4n) is 5.05. The van der Waals surface area contributed by atoms with E-state index in [2.05, 4.69) is 43.5 Å². The van der Waals surface area contributed by atoms with Gasteiger partial charge in [0, 0.05) is 34.5 Å². The SMILES string of the molecule is CC(C)(C)c1ccc(C(Cc2ccc(NC(=O)CCS(=O)(=O)[O-])cc2)C(=O)Nc2ccc(-c3cc4ccccc4o3)cc2)cc1.[Na+]. The zero-order valence-electron chi connectivity index (χ0n) is 26.4. The van der Waals surface area contributed by atoms with Crippen molar-refractivity contribution in [2.75, 3.05) is 16.4 Å². The van der Waals surface area contributed by atoms with E-state index in [9.17, 15) is 22.6 Å². The van der Waals surface area contributed by atoms with Crippen LogP contribution in [0.3, 0.4) is 0 Å². The summed E-state index contributed by atoms with van der Waals surface area (Å²) in [4.78, 5) is 25.8. The van der Waals surface area contributed by atoms with Crippen molar-refractivity contribution < 1.29 is 56.5 Å². The Bertz CT molecular complexity index is 1880. The molecule has 5 aromatic rings. The molecule has 0 radical (unpaired) electrons. The van der Waals surface area contributed by atoms with Crippen molar-refractivity contribution in [2.45, 2.75) is 44.9 Å². The first-order valence-electron chi connectivity index (χ1n) is 14.7. The molecule has 2 N–H and O–H groups in total. The minimum Gasteiger partial charge on any atom is -0.748 e. The van der Waals surface area contributed by atoms with Crippen molar-refractivity contribution in [3.63, 3.8) is 0 Å². The number of hydrogen-bond donors (Lipinski definition) is 2. The van der Waals surface area contributed by atoms with Crippen LogP contribution in [0.4, 0.5) is 11.4 Å². The number of nitrogens with one attached hydrogen (secondary N) is 2. The van der Waals surface area contributed by atoms with Crippen LogP contribution >= 0.6 is 0 Å². The molecule has 0 aliphatic carbocycles. The Labute approximate surface area is 291 Å². The summed E-state index contributed by atoms with van der Waals surface area (Å²) in [6, 6.07) is 32.5. The number of para-hydroxylation sites is 1. The average Bonchev–Trinajstić information content (AvgIpc) is 3.44. The van der Waals surface area contributed by atoms with Crippen LogP contribution in [-0.4, -0.2) is 30.5 Å². The minimum atomic E-state index is -4.47. The predicted octanol–water partition coefficient (Wildman–Crippen LogP) is 4.24. The maximum Gasteiger partial charge on any atom is 1.00 e. The van der Waals surface area contributed by atoms with Gasteiger partial charge in [-0.25, -0.2) is 8.42 Å². The number of fused-ring (bicyclic) bond motifs is 1. The van der Waals surface area contributed by atoms with E-state index in [1.54, 1.807) is 12.1 Å². The zero-order chi connectivity index (χ0) is 32.2. The monoisotopic (exact) mass is 646 g/mol. The molecule has 232 valence electrons. The summed E-state index contributed by atoms with van der Waals surface area (Å²) in [5.41, 5.74) is 5.72. The van der Waals surface area contributed by atoms with Crippen LogP contribution in [0.1, 0.15) is 49.8 Å². The third kappa shape index (κ3) is 9.40. The van der Waals surface area contributed by atoms with Crippen molar-refractivity contribution in [3.8, 4) is 11.3 Å². The number of hydrogen-bond acceptors (Lipinski definition) is 6. The van der Waals surface area contributed by atoms with Crippen LogP contribution < -0.4 is 40.2 Å². The number of benzene rings is 4. The van der Waals surface area contributed by atoms with E-state index in [4.69, 9.17) is 4.42 Å². The van der Waals surface area contributed by atoms with Gasteiger partial charge >= 0.3 is 29.6 Å². The minimum absolute atomic E-state index is 0. The molecule has 0 aliphatic rings. The largest absolute Gasteiger partial charge is 1.00 e. The fraction of sp³-hybridized carbons (Fsp3) is 0.222. The van der Waals surface area contributed by atoms with Crippen molar-refractivity contribution in [3.05, 3.63) is 120 Å². The maximum absolute atomic E-state index is 13.8. The van der Waals surface area contributed by atoms with Crippen LogP contribution in [0.2, 0.25) is 0 Å². The van der Waals surface area contributed by atoms with Gasteiger partial charge in [0.15, 0.2) is 0 Å². The molecule has 8 nitrogen and oxygen atoms in total. The Morgan fingerprint density at radius 2 is 1.43 bits per heavy atom. The third-order valence-corrected chi connectivity index (χ3v) is 8.32. The molecule has 1 unspecified atom stereocenters. The summed E-state index contributed by atoms with van der Waals surface area (Å²) in [5.74, 6) is -1.24. The Morgan fingerprint density at radius 1 is 0.826 bits per heavy atom. The number of carbonyl (C=O) groups is 2. The van der Waals surface area contributed by atoms with Gasteiger partial charge in [0.25, 0.3) is 0 Å². The molecular formula is C36H35N2NaO6S. The predicted molar refractivity (Wildman–Crippen MR) is 176 cm³/mol. The van der Waals surface area contributed by atoms with Crippen LogP contribution in [0, 0.1) is 0 Å². The number of furan rings is 1. The van der Waals surface area contributed by atoms with Crippen LogP contribution in [0.25, 0.3) is 22.3 Å². The summed E-state index contributed by atoms with van der Waals surface area (Å²) in [6.07, 6.45) is -0.0138. The summed E-state index contributed by atoms with van der Waals surface area (Å²) < 4.78 is 38.4. The van der Waals surface area contributed by atoms with E-state index in [-0.39, 0.29) is 40.9 Å². The van der Waals surface area contributed by atoms with Crippen molar-refractivity contribution in [1.29, 1.82) is 0 Å². The molecule has 0 saturated heterocycles. The molecule has 2 amide bonds. The molecule has 0 bridgehead atoms. The quantitative estimate of drug-likeness (QED) is 0.173. The van der Waals surface area contributed by atoms with Gasteiger partial charge in [-0.15, -0.1) is 0 Å². The summed E-state index contributed by atoms with van der Waals surface area (Å²) in [6.45, 7) is 6.42. The maximum atomic E-state index is 13.8. The van der Waals surface area contributed by atoms with Gasteiger partial charge in [-0.05, 0) is 77.1 Å². The van der Waals surface area contributed by atoms with E-state index in [0.29, 0.717) is 17.8 Å². The van der Waals surface area contributed by atoms with Crippen molar-refractivity contribution in [2.24, 2.45) is 0 Å². The van der Waals surface area contributed by atoms with Crippen molar-refractivity contribution in [1.82, 2.24) is 0 Å². The van der Waals surface area contributed by atoms with Crippen LogP contribution in [0.5, 0.6) is 0 Å². The number of amides is 2. The molecule has 0 aliphatic heterocycles. The number of rotatable bonds is 10. The van der Waals surface area contributed by atoms with Gasteiger partial charge in [-0.2, -0.15) is 0 Å². The van der Waals surface area contributed by atoms with E-state index in [1.807, 2.05) is 78.9 Å². The third-order valence-electron chi connectivity index (χ3n) is 7.61. The van der Waals surface area contributed by atoms with E-state index in [1.165, 1.54) is 0 Å². The molecule has 0 spiro atoms. The number of anilines is 2. The molecule has 46 heavy (non-hydrogen) atoms. The van der Waals surface area contributed by atoms with E-state index < -0.39 is 34.1 Å². The topological polar surface area (TPSA) is 129 Å². The summed E-state index contributed by atoms with van der Waals surface area (Å²) in [5, 5.41) is 6.69. The molecule has 1 aromatic heterocycles. The van der Waals surface area contributed by atoms with Gasteiger partial charge in [0.1, 0.15) is 11.3 Å². The molecule has 5 rings (SSSR count). The van der Waals surface area contributed by atoms with Gasteiger partial charge in [-0.1, -0.05) is 75.4 Å². The molecule has 0 fully saturated rings. The molecular weight excluding hydrogens is 611 g/mol. The van der Waals surface area contributed by atoms with Crippen LogP contribution in [0.15, 0.2) is 108 Å². The van der Waals surface area contributed by atoms with Gasteiger partial charge in [-0.3, -0.25) is 9.59 Å². The molecule has 10 heteroatoms. The summed E-state index contributed by atoms with van der Waals surface area (Å²) in [7, 11) is -4.47.